The van der Waals surface area contributed by atoms with E-state index >= 15 is 0 Å². The molecule has 1 saturated heterocycles. The van der Waals surface area contributed by atoms with E-state index < -0.39 is 0 Å². The van der Waals surface area contributed by atoms with Gasteiger partial charge in [0.1, 0.15) is 6.33 Å². The molecule has 1 aromatic heterocycles. The summed E-state index contributed by atoms with van der Waals surface area (Å²) in [7, 11) is 1.46. The normalized spacial score (nSPS) is 24.8. The molecule has 0 unspecified atom stereocenters. The number of hydrogen-bond acceptors (Lipinski definition) is 5. The fourth-order valence-corrected chi connectivity index (χ4v) is 2.55. The van der Waals surface area contributed by atoms with Gasteiger partial charge in [-0.2, -0.15) is 0 Å². The average Bonchev–Trinajstić information content (AvgIpc) is 2.39. The zero-order valence-corrected chi connectivity index (χ0v) is 10.9. The highest BCUT2D eigenvalue weighted by Gasteiger charge is 2.31. The van der Waals surface area contributed by atoms with Crippen molar-refractivity contribution in [2.75, 3.05) is 20.2 Å². The molecule has 2 rings (SSSR count). The number of likely N-dealkylation sites (tertiary alicyclic amines) is 1. The molecular weight excluding hydrogens is 230 g/mol. The summed E-state index contributed by atoms with van der Waals surface area (Å²) < 4.78 is 4.84. The Bertz CT molecular complexity index is 396. The summed E-state index contributed by atoms with van der Waals surface area (Å²) in [5, 5.41) is 0. The number of ether oxygens (including phenoxy) is 1. The molecule has 2 heterocycles. The lowest BCUT2D eigenvalue weighted by Gasteiger charge is -2.35. The number of rotatable bonds is 3. The van der Waals surface area contributed by atoms with Crippen LogP contribution in [0.25, 0.3) is 0 Å². The van der Waals surface area contributed by atoms with Gasteiger partial charge in [-0.25, -0.2) is 9.97 Å². The van der Waals surface area contributed by atoms with Gasteiger partial charge < -0.3 is 4.74 Å². The Morgan fingerprint density at radius 3 is 2.83 bits per heavy atom. The van der Waals surface area contributed by atoms with Crippen LogP contribution >= 0.6 is 0 Å². The lowest BCUT2D eigenvalue weighted by molar-refractivity contribution is -0.149. The minimum absolute atomic E-state index is 0.0401. The third kappa shape index (κ3) is 3.04. The van der Waals surface area contributed by atoms with Crippen LogP contribution in [0.15, 0.2) is 18.7 Å². The van der Waals surface area contributed by atoms with Crippen LogP contribution in [-0.4, -0.2) is 41.0 Å². The molecule has 0 saturated carbocycles. The Labute approximate surface area is 107 Å². The van der Waals surface area contributed by atoms with Crippen LogP contribution in [0.4, 0.5) is 0 Å². The number of methoxy groups -OCH3 is 1. The van der Waals surface area contributed by atoms with Crippen LogP contribution < -0.4 is 0 Å². The van der Waals surface area contributed by atoms with E-state index in [1.54, 1.807) is 0 Å². The van der Waals surface area contributed by atoms with Crippen molar-refractivity contribution in [1.82, 2.24) is 14.9 Å². The number of hydrogen-bond donors (Lipinski definition) is 0. The first-order chi connectivity index (χ1) is 8.70. The second-order valence-corrected chi connectivity index (χ2v) is 4.88. The first-order valence-corrected chi connectivity index (χ1v) is 6.24. The van der Waals surface area contributed by atoms with Crippen molar-refractivity contribution in [2.45, 2.75) is 19.9 Å². The summed E-state index contributed by atoms with van der Waals surface area (Å²) in [6, 6.07) is 0. The number of carbonyl (C=O) groups is 1. The lowest BCUT2D eigenvalue weighted by atomic mass is 9.87. The van der Waals surface area contributed by atoms with E-state index in [-0.39, 0.29) is 11.9 Å². The standard InChI is InChI=1S/C13H19N3O2/c1-10-7-16(4-3-12(10)13(17)18-2)8-11-5-14-9-15-6-11/h5-6,9-10,12H,3-4,7-8H2,1-2H3/t10-,12-/m0/s1. The van der Waals surface area contributed by atoms with Crippen molar-refractivity contribution in [2.24, 2.45) is 11.8 Å². The second kappa shape index (κ2) is 5.91. The van der Waals surface area contributed by atoms with Gasteiger partial charge in [0.05, 0.1) is 13.0 Å². The third-order valence-corrected chi connectivity index (χ3v) is 3.51. The van der Waals surface area contributed by atoms with E-state index in [0.717, 1.165) is 31.6 Å². The molecule has 2 atom stereocenters. The van der Waals surface area contributed by atoms with Gasteiger partial charge in [-0.15, -0.1) is 0 Å². The van der Waals surface area contributed by atoms with Crippen LogP contribution in [0.3, 0.4) is 0 Å². The minimum atomic E-state index is -0.0785. The molecular formula is C13H19N3O2. The van der Waals surface area contributed by atoms with Crippen molar-refractivity contribution in [1.29, 1.82) is 0 Å². The van der Waals surface area contributed by atoms with E-state index in [4.69, 9.17) is 4.74 Å². The van der Waals surface area contributed by atoms with Crippen LogP contribution in [0, 0.1) is 11.8 Å². The van der Waals surface area contributed by atoms with Crippen LogP contribution in [-0.2, 0) is 16.1 Å². The molecule has 0 aromatic carbocycles. The molecule has 0 radical (unpaired) electrons. The Kier molecular flexibility index (Phi) is 4.25. The zero-order valence-electron chi connectivity index (χ0n) is 10.9. The molecule has 0 N–H and O–H groups in total. The summed E-state index contributed by atoms with van der Waals surface area (Å²) in [6.07, 6.45) is 6.07. The monoisotopic (exact) mass is 249 g/mol. The van der Waals surface area contributed by atoms with Gasteiger partial charge in [0.25, 0.3) is 0 Å². The van der Waals surface area contributed by atoms with Crippen molar-refractivity contribution in [3.63, 3.8) is 0 Å². The Morgan fingerprint density at radius 1 is 1.50 bits per heavy atom. The van der Waals surface area contributed by atoms with E-state index in [2.05, 4.69) is 21.8 Å². The molecule has 1 aliphatic rings. The molecule has 5 nitrogen and oxygen atoms in total. The highest BCUT2D eigenvalue weighted by atomic mass is 16.5. The first-order valence-electron chi connectivity index (χ1n) is 6.24. The largest absolute Gasteiger partial charge is 0.469 e. The minimum Gasteiger partial charge on any atom is -0.469 e. The topological polar surface area (TPSA) is 55.3 Å². The number of nitrogens with zero attached hydrogens (tertiary/aromatic N) is 3. The van der Waals surface area contributed by atoms with Gasteiger partial charge in [-0.1, -0.05) is 6.92 Å². The van der Waals surface area contributed by atoms with Crippen molar-refractivity contribution in [3.05, 3.63) is 24.3 Å². The Hall–Kier alpha value is -1.49. The van der Waals surface area contributed by atoms with Gasteiger partial charge in [-0.3, -0.25) is 9.69 Å². The van der Waals surface area contributed by atoms with Gasteiger partial charge in [-0.05, 0) is 18.9 Å². The number of aromatic nitrogens is 2. The molecule has 5 heteroatoms. The number of piperidine rings is 1. The summed E-state index contributed by atoms with van der Waals surface area (Å²) in [6.45, 7) is 4.78. The maximum absolute atomic E-state index is 11.6. The number of carbonyl (C=O) groups excluding carboxylic acids is 1. The molecule has 0 amide bonds. The maximum Gasteiger partial charge on any atom is 0.309 e. The lowest BCUT2D eigenvalue weighted by Crippen LogP contribution is -2.42. The van der Waals surface area contributed by atoms with Crippen LogP contribution in [0.2, 0.25) is 0 Å². The van der Waals surface area contributed by atoms with E-state index in [1.165, 1.54) is 13.4 Å². The Balaban J connectivity index is 1.90. The number of esters is 1. The maximum atomic E-state index is 11.6. The molecule has 0 bridgehead atoms. The van der Waals surface area contributed by atoms with E-state index in [1.807, 2.05) is 12.4 Å². The zero-order chi connectivity index (χ0) is 13.0. The quantitative estimate of drug-likeness (QED) is 0.751. The summed E-state index contributed by atoms with van der Waals surface area (Å²) in [4.78, 5) is 21.9. The van der Waals surface area contributed by atoms with E-state index in [9.17, 15) is 4.79 Å². The van der Waals surface area contributed by atoms with Gasteiger partial charge >= 0.3 is 5.97 Å². The highest BCUT2D eigenvalue weighted by molar-refractivity contribution is 5.72. The van der Waals surface area contributed by atoms with Crippen LogP contribution in [0.1, 0.15) is 18.9 Å². The fourth-order valence-electron chi connectivity index (χ4n) is 2.55. The molecule has 0 spiro atoms. The SMILES string of the molecule is COC(=O)[C@H]1CCN(Cc2cncnc2)C[C@@H]1C. The van der Waals surface area contributed by atoms with Gasteiger partial charge in [0.2, 0.25) is 0 Å². The Morgan fingerprint density at radius 2 is 2.22 bits per heavy atom. The predicted octanol–water partition coefficient (Wildman–Crippen LogP) is 1.11. The summed E-state index contributed by atoms with van der Waals surface area (Å²) >= 11 is 0. The highest BCUT2D eigenvalue weighted by Crippen LogP contribution is 2.25. The van der Waals surface area contributed by atoms with Crippen molar-refractivity contribution >= 4 is 5.97 Å². The smallest absolute Gasteiger partial charge is 0.309 e. The summed E-state index contributed by atoms with van der Waals surface area (Å²) in [5.41, 5.74) is 1.11. The summed E-state index contributed by atoms with van der Waals surface area (Å²) in [5.74, 6) is 0.291. The molecule has 1 aliphatic heterocycles. The molecule has 1 fully saturated rings. The van der Waals surface area contributed by atoms with Crippen LogP contribution in [0.5, 0.6) is 0 Å². The molecule has 1 aromatic rings. The third-order valence-electron chi connectivity index (χ3n) is 3.51. The molecule has 98 valence electrons. The van der Waals surface area contributed by atoms with Gasteiger partial charge in [0, 0.05) is 31.0 Å². The second-order valence-electron chi connectivity index (χ2n) is 4.88. The molecule has 0 aliphatic carbocycles. The van der Waals surface area contributed by atoms with Crippen molar-refractivity contribution < 1.29 is 9.53 Å². The van der Waals surface area contributed by atoms with Crippen molar-refractivity contribution in [3.8, 4) is 0 Å². The first kappa shape index (κ1) is 13.0. The molecule has 18 heavy (non-hydrogen) atoms. The fraction of sp³-hybridized carbons (Fsp3) is 0.615. The predicted molar refractivity (Wildman–Crippen MR) is 66.6 cm³/mol. The van der Waals surface area contributed by atoms with E-state index in [0.29, 0.717) is 5.92 Å². The van der Waals surface area contributed by atoms with Gasteiger partial charge in [0.15, 0.2) is 0 Å². The average molecular weight is 249 g/mol.